The lowest BCUT2D eigenvalue weighted by Gasteiger charge is -2.07. The second kappa shape index (κ2) is 5.36. The summed E-state index contributed by atoms with van der Waals surface area (Å²) in [6.07, 6.45) is 0.906. The lowest BCUT2D eigenvalue weighted by molar-refractivity contribution is 0.429. The van der Waals surface area contributed by atoms with Crippen LogP contribution in [-0.2, 0) is 6.42 Å². The number of nitrogens with zero attached hydrogens (tertiary/aromatic N) is 1. The largest absolute Gasteiger partial charge is 0.338 e. The Bertz CT molecular complexity index is 508. The molecule has 0 radical (unpaired) electrons. The Morgan fingerprint density at radius 1 is 1.29 bits per heavy atom. The number of alkyl halides is 1. The summed E-state index contributed by atoms with van der Waals surface area (Å²) in [4.78, 5) is 0. The lowest BCUT2D eigenvalue weighted by atomic mass is 10.1. The van der Waals surface area contributed by atoms with Gasteiger partial charge < -0.3 is 9.84 Å². The van der Waals surface area contributed by atoms with Crippen LogP contribution in [0, 0.1) is 13.8 Å². The molecule has 0 bridgehead atoms. The van der Waals surface area contributed by atoms with Gasteiger partial charge in [0.2, 0.25) is 5.88 Å². The summed E-state index contributed by atoms with van der Waals surface area (Å²) >= 11 is 3.44. The monoisotopic (exact) mass is 294 g/mol. The Labute approximate surface area is 109 Å². The third-order valence-corrected chi connectivity index (χ3v) is 3.12. The van der Waals surface area contributed by atoms with Crippen LogP contribution in [0.1, 0.15) is 16.8 Å². The second-order valence-corrected chi connectivity index (χ2v) is 4.75. The van der Waals surface area contributed by atoms with Crippen molar-refractivity contribution in [2.45, 2.75) is 20.3 Å². The van der Waals surface area contributed by atoms with Crippen molar-refractivity contribution in [3.63, 3.8) is 0 Å². The van der Waals surface area contributed by atoms with Crippen LogP contribution >= 0.6 is 15.9 Å². The highest BCUT2D eigenvalue weighted by molar-refractivity contribution is 9.09. The molecule has 4 heteroatoms. The quantitative estimate of drug-likeness (QED) is 0.867. The Kier molecular flexibility index (Phi) is 3.84. The van der Waals surface area contributed by atoms with Gasteiger partial charge in [-0.2, -0.15) is 0 Å². The number of benzene rings is 1. The number of nitrogens with one attached hydrogen (secondary N) is 1. The first kappa shape index (κ1) is 12.2. The van der Waals surface area contributed by atoms with Crippen molar-refractivity contribution in [2.24, 2.45) is 0 Å². The number of para-hydroxylation sites is 1. The van der Waals surface area contributed by atoms with Crippen LogP contribution in [0.4, 0.5) is 11.6 Å². The van der Waals surface area contributed by atoms with Crippen molar-refractivity contribution in [3.05, 3.63) is 41.1 Å². The normalized spacial score (nSPS) is 10.5. The van der Waals surface area contributed by atoms with Crippen molar-refractivity contribution < 1.29 is 4.52 Å². The number of anilines is 2. The Morgan fingerprint density at radius 2 is 2.06 bits per heavy atom. The summed E-state index contributed by atoms with van der Waals surface area (Å²) in [5.74, 6) is 0.747. The number of aromatic nitrogens is 1. The molecular weight excluding hydrogens is 280 g/mol. The molecule has 0 aliphatic heterocycles. The van der Waals surface area contributed by atoms with Gasteiger partial charge in [-0.1, -0.05) is 39.3 Å². The van der Waals surface area contributed by atoms with Crippen LogP contribution in [0.2, 0.25) is 0 Å². The summed E-state index contributed by atoms with van der Waals surface area (Å²) in [6.45, 7) is 4.03. The van der Waals surface area contributed by atoms with Gasteiger partial charge in [-0.3, -0.25) is 0 Å². The summed E-state index contributed by atoms with van der Waals surface area (Å²) in [5.41, 5.74) is 4.32. The van der Waals surface area contributed by atoms with Crippen molar-refractivity contribution in [1.29, 1.82) is 0 Å². The summed E-state index contributed by atoms with van der Waals surface area (Å²) in [6, 6.07) is 8.12. The Balaban J connectivity index is 2.27. The maximum Gasteiger partial charge on any atom is 0.232 e. The fraction of sp³-hybridized carbons (Fsp3) is 0.308. The van der Waals surface area contributed by atoms with E-state index in [0.29, 0.717) is 0 Å². The molecule has 0 aliphatic carbocycles. The molecule has 2 rings (SSSR count). The molecular formula is C13H15BrN2O. The predicted molar refractivity (Wildman–Crippen MR) is 73.2 cm³/mol. The van der Waals surface area contributed by atoms with Gasteiger partial charge >= 0.3 is 0 Å². The van der Waals surface area contributed by atoms with Crippen molar-refractivity contribution in [2.75, 3.05) is 10.6 Å². The zero-order valence-corrected chi connectivity index (χ0v) is 11.5. The van der Waals surface area contributed by atoms with E-state index in [-0.39, 0.29) is 0 Å². The van der Waals surface area contributed by atoms with E-state index in [1.807, 2.05) is 25.1 Å². The number of aryl methyl sites for hydroxylation is 2. The highest BCUT2D eigenvalue weighted by Crippen LogP contribution is 2.26. The van der Waals surface area contributed by atoms with Gasteiger partial charge in [0.05, 0.1) is 5.69 Å². The van der Waals surface area contributed by atoms with Gasteiger partial charge in [-0.15, -0.1) is 0 Å². The van der Waals surface area contributed by atoms with Gasteiger partial charge in [-0.25, -0.2) is 0 Å². The molecule has 1 N–H and O–H groups in total. The SMILES string of the molecule is Cc1ccccc1Nc1onc(C)c1CCBr. The predicted octanol–water partition coefficient (Wildman–Crippen LogP) is 3.97. The van der Waals surface area contributed by atoms with E-state index in [0.717, 1.165) is 34.6 Å². The molecule has 0 unspecified atom stereocenters. The minimum atomic E-state index is 0.747. The van der Waals surface area contributed by atoms with Gasteiger partial charge in [0.25, 0.3) is 0 Å². The van der Waals surface area contributed by atoms with E-state index in [1.165, 1.54) is 5.56 Å². The van der Waals surface area contributed by atoms with Crippen LogP contribution in [-0.4, -0.2) is 10.5 Å². The molecule has 1 aromatic carbocycles. The average Bonchev–Trinajstić information content (AvgIpc) is 2.65. The standard InChI is InChI=1S/C13H15BrN2O/c1-9-5-3-4-6-12(9)15-13-11(7-8-14)10(2)16-17-13/h3-6,15H,7-8H2,1-2H3. The van der Waals surface area contributed by atoms with Crippen molar-refractivity contribution in [3.8, 4) is 0 Å². The van der Waals surface area contributed by atoms with Gasteiger partial charge in [0, 0.05) is 16.6 Å². The van der Waals surface area contributed by atoms with Crippen LogP contribution in [0.25, 0.3) is 0 Å². The molecule has 0 spiro atoms. The van der Waals surface area contributed by atoms with Crippen LogP contribution < -0.4 is 5.32 Å². The maximum absolute atomic E-state index is 5.32. The van der Waals surface area contributed by atoms with E-state index >= 15 is 0 Å². The molecule has 1 aromatic heterocycles. The first-order chi connectivity index (χ1) is 8.22. The van der Waals surface area contributed by atoms with E-state index in [1.54, 1.807) is 0 Å². The van der Waals surface area contributed by atoms with Crippen LogP contribution in [0.15, 0.2) is 28.8 Å². The lowest BCUT2D eigenvalue weighted by Crippen LogP contribution is -1.96. The number of hydrogen-bond acceptors (Lipinski definition) is 3. The summed E-state index contributed by atoms with van der Waals surface area (Å²) in [5, 5.41) is 8.20. The molecule has 0 atom stereocenters. The van der Waals surface area contributed by atoms with E-state index in [9.17, 15) is 0 Å². The highest BCUT2D eigenvalue weighted by Gasteiger charge is 2.12. The maximum atomic E-state index is 5.32. The van der Waals surface area contributed by atoms with Gasteiger partial charge in [0.15, 0.2) is 0 Å². The van der Waals surface area contributed by atoms with Crippen LogP contribution in [0.5, 0.6) is 0 Å². The first-order valence-electron chi connectivity index (χ1n) is 5.56. The Morgan fingerprint density at radius 3 is 2.76 bits per heavy atom. The average molecular weight is 295 g/mol. The number of hydrogen-bond donors (Lipinski definition) is 1. The van der Waals surface area contributed by atoms with Crippen molar-refractivity contribution in [1.82, 2.24) is 5.16 Å². The highest BCUT2D eigenvalue weighted by atomic mass is 79.9. The first-order valence-corrected chi connectivity index (χ1v) is 6.68. The fourth-order valence-corrected chi connectivity index (χ4v) is 2.11. The Hall–Kier alpha value is -1.29. The summed E-state index contributed by atoms with van der Waals surface area (Å²) < 4.78 is 5.32. The zero-order chi connectivity index (χ0) is 12.3. The molecule has 0 aliphatic rings. The molecule has 2 aromatic rings. The molecule has 0 fully saturated rings. The molecule has 1 heterocycles. The topological polar surface area (TPSA) is 38.1 Å². The third kappa shape index (κ3) is 2.69. The number of rotatable bonds is 4. The molecule has 90 valence electrons. The minimum Gasteiger partial charge on any atom is -0.338 e. The smallest absolute Gasteiger partial charge is 0.232 e. The second-order valence-electron chi connectivity index (χ2n) is 3.95. The number of halogens is 1. The molecule has 0 saturated heterocycles. The van der Waals surface area contributed by atoms with Gasteiger partial charge in [-0.05, 0) is 31.9 Å². The molecule has 0 saturated carbocycles. The van der Waals surface area contributed by atoms with E-state index < -0.39 is 0 Å². The van der Waals surface area contributed by atoms with E-state index in [2.05, 4.69) is 39.4 Å². The molecule has 17 heavy (non-hydrogen) atoms. The third-order valence-electron chi connectivity index (χ3n) is 2.72. The fourth-order valence-electron chi connectivity index (χ4n) is 1.71. The molecule has 3 nitrogen and oxygen atoms in total. The minimum absolute atomic E-state index is 0.747. The van der Waals surface area contributed by atoms with Crippen LogP contribution in [0.3, 0.4) is 0 Å². The molecule has 0 amide bonds. The van der Waals surface area contributed by atoms with Gasteiger partial charge in [0.1, 0.15) is 0 Å². The van der Waals surface area contributed by atoms with Crippen molar-refractivity contribution >= 4 is 27.5 Å². The summed E-state index contributed by atoms with van der Waals surface area (Å²) in [7, 11) is 0. The van der Waals surface area contributed by atoms with E-state index in [4.69, 9.17) is 4.52 Å². The zero-order valence-electron chi connectivity index (χ0n) is 9.96.